The highest BCUT2D eigenvalue weighted by Gasteiger charge is 2.21. The molecule has 0 unspecified atom stereocenters. The summed E-state index contributed by atoms with van der Waals surface area (Å²) in [6, 6.07) is 13.4. The average Bonchev–Trinajstić information content (AvgIpc) is 2.99. The topological polar surface area (TPSA) is 56.0 Å². The molecule has 0 aliphatic heterocycles. The van der Waals surface area contributed by atoms with Gasteiger partial charge in [-0.2, -0.15) is 5.10 Å². The Bertz CT molecular complexity index is 1010. The van der Waals surface area contributed by atoms with Crippen molar-refractivity contribution in [3.05, 3.63) is 72.3 Å². The molecular formula is C21H23N5OS. The molecule has 0 N–H and O–H groups in total. The molecule has 6 nitrogen and oxygen atoms in total. The second-order valence-electron chi connectivity index (χ2n) is 6.59. The molecule has 7 heteroatoms. The summed E-state index contributed by atoms with van der Waals surface area (Å²) in [5.74, 6) is 0.623. The number of rotatable bonds is 7. The Hall–Kier alpha value is -3.06. The third kappa shape index (κ3) is 4.09. The van der Waals surface area contributed by atoms with Gasteiger partial charge in [0.2, 0.25) is 5.91 Å². The first-order valence-corrected chi connectivity index (χ1v) is 9.49. The molecule has 0 fully saturated rings. The summed E-state index contributed by atoms with van der Waals surface area (Å²) in [5, 5.41) is 4.63. The van der Waals surface area contributed by atoms with Crippen molar-refractivity contribution in [1.29, 1.82) is 0 Å². The smallest absolute Gasteiger partial charge is 0.249 e. The van der Waals surface area contributed by atoms with Crippen LogP contribution in [0.1, 0.15) is 13.8 Å². The molecule has 2 aromatic heterocycles. The van der Waals surface area contributed by atoms with Crippen molar-refractivity contribution in [2.45, 2.75) is 33.0 Å². The molecule has 3 rings (SSSR count). The second kappa shape index (κ2) is 8.75. The van der Waals surface area contributed by atoms with E-state index in [1.165, 1.54) is 0 Å². The first-order chi connectivity index (χ1) is 13.5. The Balaban J connectivity index is 1.96. The fraction of sp³-hybridized carbons (Fsp3) is 0.238. The van der Waals surface area contributed by atoms with Crippen LogP contribution in [0.4, 0.5) is 5.69 Å². The van der Waals surface area contributed by atoms with E-state index in [2.05, 4.69) is 16.7 Å². The van der Waals surface area contributed by atoms with E-state index in [0.717, 1.165) is 11.3 Å². The number of anilines is 1. The van der Waals surface area contributed by atoms with Crippen LogP contribution in [0.25, 0.3) is 11.4 Å². The summed E-state index contributed by atoms with van der Waals surface area (Å²) >= 11 is 5.59. The largest absolute Gasteiger partial charge is 0.308 e. The van der Waals surface area contributed by atoms with Crippen LogP contribution >= 0.6 is 12.2 Å². The number of hydrogen-bond donors (Lipinski definition) is 0. The minimum atomic E-state index is -0.0677. The van der Waals surface area contributed by atoms with Gasteiger partial charge in [-0.1, -0.05) is 24.3 Å². The summed E-state index contributed by atoms with van der Waals surface area (Å²) in [5.41, 5.74) is 1.74. The van der Waals surface area contributed by atoms with Crippen LogP contribution in [0.15, 0.2) is 67.5 Å². The number of allylic oxidation sites excluding steroid dienone is 1. The SMILES string of the molecule is C=CCn1c(-c2ccncc2)nn(CC(=O)N(c2ccccc2)C(C)C)c1=S. The third-order valence-electron chi connectivity index (χ3n) is 4.28. The second-order valence-corrected chi connectivity index (χ2v) is 6.96. The van der Waals surface area contributed by atoms with Gasteiger partial charge in [0.15, 0.2) is 10.6 Å². The van der Waals surface area contributed by atoms with Gasteiger partial charge >= 0.3 is 0 Å². The van der Waals surface area contributed by atoms with Crippen molar-refractivity contribution < 1.29 is 4.79 Å². The number of nitrogens with zero attached hydrogens (tertiary/aromatic N) is 5. The molecule has 1 amide bonds. The molecule has 3 aromatic rings. The van der Waals surface area contributed by atoms with Gasteiger partial charge in [-0.3, -0.25) is 14.3 Å². The Morgan fingerprint density at radius 1 is 1.21 bits per heavy atom. The van der Waals surface area contributed by atoms with Crippen LogP contribution in [0.2, 0.25) is 0 Å². The monoisotopic (exact) mass is 393 g/mol. The lowest BCUT2D eigenvalue weighted by Gasteiger charge is -2.26. The standard InChI is InChI=1S/C21H23N5OS/c1-4-14-24-20(17-10-12-22-13-11-17)23-25(21(24)28)15-19(27)26(16(2)3)18-8-6-5-7-9-18/h4-13,16H,1,14-15H2,2-3H3. The molecule has 0 aliphatic carbocycles. The highest BCUT2D eigenvalue weighted by molar-refractivity contribution is 7.71. The molecule has 144 valence electrons. The fourth-order valence-corrected chi connectivity index (χ4v) is 3.34. The van der Waals surface area contributed by atoms with Crippen molar-refractivity contribution in [1.82, 2.24) is 19.3 Å². The summed E-state index contributed by atoms with van der Waals surface area (Å²) in [7, 11) is 0. The zero-order valence-electron chi connectivity index (χ0n) is 16.0. The van der Waals surface area contributed by atoms with Gasteiger partial charge in [0.05, 0.1) is 0 Å². The maximum Gasteiger partial charge on any atom is 0.249 e. The van der Waals surface area contributed by atoms with Crippen LogP contribution in [-0.2, 0) is 17.9 Å². The van der Waals surface area contributed by atoms with E-state index in [-0.39, 0.29) is 18.5 Å². The molecule has 0 bridgehead atoms. The van der Waals surface area contributed by atoms with Gasteiger partial charge < -0.3 is 4.90 Å². The Morgan fingerprint density at radius 3 is 2.50 bits per heavy atom. The molecular weight excluding hydrogens is 370 g/mol. The van der Waals surface area contributed by atoms with E-state index in [1.54, 1.807) is 28.1 Å². The third-order valence-corrected chi connectivity index (χ3v) is 4.71. The Kier molecular flexibility index (Phi) is 6.16. The quantitative estimate of drug-likeness (QED) is 0.448. The van der Waals surface area contributed by atoms with Gasteiger partial charge in [-0.15, -0.1) is 6.58 Å². The van der Waals surface area contributed by atoms with Gasteiger partial charge in [0, 0.05) is 36.2 Å². The average molecular weight is 394 g/mol. The van der Waals surface area contributed by atoms with Crippen molar-refractivity contribution in [3.63, 3.8) is 0 Å². The molecule has 1 aromatic carbocycles. The number of hydrogen-bond acceptors (Lipinski definition) is 4. The first-order valence-electron chi connectivity index (χ1n) is 9.09. The summed E-state index contributed by atoms with van der Waals surface area (Å²) in [6.45, 7) is 8.35. The van der Waals surface area contributed by atoms with Crippen LogP contribution in [-0.4, -0.2) is 31.3 Å². The molecule has 0 saturated carbocycles. The fourth-order valence-electron chi connectivity index (χ4n) is 3.08. The lowest BCUT2D eigenvalue weighted by Crippen LogP contribution is -2.39. The van der Waals surface area contributed by atoms with E-state index < -0.39 is 0 Å². The maximum absolute atomic E-state index is 13.1. The molecule has 0 saturated heterocycles. The van der Waals surface area contributed by atoms with Crippen LogP contribution in [0.3, 0.4) is 0 Å². The van der Waals surface area contributed by atoms with Gasteiger partial charge in [-0.25, -0.2) is 4.68 Å². The van der Waals surface area contributed by atoms with Crippen molar-refractivity contribution in [2.24, 2.45) is 0 Å². The molecule has 0 aliphatic rings. The summed E-state index contributed by atoms with van der Waals surface area (Å²) in [4.78, 5) is 18.9. The summed E-state index contributed by atoms with van der Waals surface area (Å²) in [6.07, 6.45) is 5.17. The Labute approximate surface area is 169 Å². The van der Waals surface area contributed by atoms with E-state index in [9.17, 15) is 4.79 Å². The first kappa shape index (κ1) is 19.7. The van der Waals surface area contributed by atoms with E-state index in [0.29, 0.717) is 17.1 Å². The summed E-state index contributed by atoms with van der Waals surface area (Å²) < 4.78 is 3.93. The normalized spacial score (nSPS) is 10.8. The number of amides is 1. The van der Waals surface area contributed by atoms with Crippen molar-refractivity contribution in [2.75, 3.05) is 4.90 Å². The molecule has 2 heterocycles. The number of carbonyl (C=O) groups is 1. The van der Waals surface area contributed by atoms with Crippen LogP contribution in [0, 0.1) is 4.77 Å². The number of para-hydroxylation sites is 1. The van der Waals surface area contributed by atoms with Crippen LogP contribution in [0.5, 0.6) is 0 Å². The van der Waals surface area contributed by atoms with Gasteiger partial charge in [-0.05, 0) is 50.3 Å². The zero-order chi connectivity index (χ0) is 20.1. The predicted octanol–water partition coefficient (Wildman–Crippen LogP) is 4.10. The lowest BCUT2D eigenvalue weighted by molar-refractivity contribution is -0.119. The maximum atomic E-state index is 13.1. The lowest BCUT2D eigenvalue weighted by atomic mass is 10.2. The van der Waals surface area contributed by atoms with Crippen molar-refractivity contribution in [3.8, 4) is 11.4 Å². The zero-order valence-corrected chi connectivity index (χ0v) is 16.8. The molecule has 0 radical (unpaired) electrons. The van der Waals surface area contributed by atoms with Gasteiger partial charge in [0.25, 0.3) is 0 Å². The molecule has 28 heavy (non-hydrogen) atoms. The number of carbonyl (C=O) groups excluding carboxylic acids is 1. The number of benzene rings is 1. The highest BCUT2D eigenvalue weighted by atomic mass is 32.1. The Morgan fingerprint density at radius 2 is 1.89 bits per heavy atom. The van der Waals surface area contributed by atoms with E-state index in [4.69, 9.17) is 12.2 Å². The number of pyridine rings is 1. The van der Waals surface area contributed by atoms with E-state index >= 15 is 0 Å². The highest BCUT2D eigenvalue weighted by Crippen LogP contribution is 2.20. The number of aromatic nitrogens is 4. The minimum absolute atomic E-state index is 0.0130. The van der Waals surface area contributed by atoms with Crippen LogP contribution < -0.4 is 4.90 Å². The minimum Gasteiger partial charge on any atom is -0.308 e. The molecule has 0 spiro atoms. The molecule has 0 atom stereocenters. The van der Waals surface area contributed by atoms with E-state index in [1.807, 2.05) is 60.9 Å². The van der Waals surface area contributed by atoms with Gasteiger partial charge in [0.1, 0.15) is 6.54 Å². The predicted molar refractivity (Wildman–Crippen MR) is 114 cm³/mol. The van der Waals surface area contributed by atoms with Crippen molar-refractivity contribution >= 4 is 23.8 Å².